The van der Waals surface area contributed by atoms with E-state index in [1.54, 1.807) is 4.90 Å². The number of rotatable bonds is 6. The van der Waals surface area contributed by atoms with E-state index in [4.69, 9.17) is 9.84 Å². The molecule has 0 radical (unpaired) electrons. The van der Waals surface area contributed by atoms with Gasteiger partial charge in [0.05, 0.1) is 6.10 Å². The van der Waals surface area contributed by atoms with Crippen LogP contribution < -0.4 is 0 Å². The zero-order valence-corrected chi connectivity index (χ0v) is 11.2. The second-order valence-corrected chi connectivity index (χ2v) is 5.03. The number of ether oxygens (including phenoxy) is 1. The van der Waals surface area contributed by atoms with Crippen molar-refractivity contribution in [1.29, 1.82) is 0 Å². The Kier molecular flexibility index (Phi) is 6.12. The maximum Gasteiger partial charge on any atom is 0.303 e. The van der Waals surface area contributed by atoms with Crippen LogP contribution in [0.4, 0.5) is 0 Å². The quantitative estimate of drug-likeness (QED) is 0.785. The third-order valence-corrected chi connectivity index (χ3v) is 3.18. The highest BCUT2D eigenvalue weighted by molar-refractivity contribution is 5.78. The summed E-state index contributed by atoms with van der Waals surface area (Å²) in [6.45, 7) is 4.61. The van der Waals surface area contributed by atoms with Gasteiger partial charge in [0.15, 0.2) is 0 Å². The molecule has 1 aliphatic rings. The van der Waals surface area contributed by atoms with Crippen LogP contribution in [0.25, 0.3) is 0 Å². The van der Waals surface area contributed by atoms with E-state index in [1.165, 1.54) is 0 Å². The molecule has 1 unspecified atom stereocenters. The SMILES string of the molecule is CC(C)OCC(=O)N1CCCCC1CCC(=O)O. The van der Waals surface area contributed by atoms with Crippen LogP contribution in [0.5, 0.6) is 0 Å². The van der Waals surface area contributed by atoms with Gasteiger partial charge in [-0.1, -0.05) is 0 Å². The van der Waals surface area contributed by atoms with Crippen LogP contribution in [0.3, 0.4) is 0 Å². The fraction of sp³-hybridized carbons (Fsp3) is 0.846. The molecular formula is C13H23NO4. The van der Waals surface area contributed by atoms with Crippen LogP contribution >= 0.6 is 0 Å². The first kappa shape index (κ1) is 15.0. The summed E-state index contributed by atoms with van der Waals surface area (Å²) in [6, 6.07) is 0.0677. The van der Waals surface area contributed by atoms with E-state index in [-0.39, 0.29) is 31.1 Å². The van der Waals surface area contributed by atoms with Gasteiger partial charge in [-0.15, -0.1) is 0 Å². The summed E-state index contributed by atoms with van der Waals surface area (Å²) in [6.07, 6.45) is 3.68. The van der Waals surface area contributed by atoms with Gasteiger partial charge in [0.2, 0.25) is 5.91 Å². The number of carbonyl (C=O) groups excluding carboxylic acids is 1. The Bertz CT molecular complexity index is 291. The molecule has 1 heterocycles. The third-order valence-electron chi connectivity index (χ3n) is 3.18. The van der Waals surface area contributed by atoms with Crippen LogP contribution in [-0.2, 0) is 14.3 Å². The molecule has 104 valence electrons. The molecule has 5 heteroatoms. The van der Waals surface area contributed by atoms with Crippen molar-refractivity contribution in [3.63, 3.8) is 0 Å². The lowest BCUT2D eigenvalue weighted by atomic mass is 9.98. The van der Waals surface area contributed by atoms with Crippen LogP contribution in [0, 0.1) is 0 Å². The van der Waals surface area contributed by atoms with E-state index in [2.05, 4.69) is 0 Å². The molecule has 0 aromatic rings. The summed E-state index contributed by atoms with van der Waals surface area (Å²) in [4.78, 5) is 24.4. The predicted molar refractivity (Wildman–Crippen MR) is 67.3 cm³/mol. The van der Waals surface area contributed by atoms with Crippen LogP contribution in [0.2, 0.25) is 0 Å². The summed E-state index contributed by atoms with van der Waals surface area (Å²) in [5, 5.41) is 8.72. The minimum absolute atomic E-state index is 0.0150. The summed E-state index contributed by atoms with van der Waals surface area (Å²) < 4.78 is 5.32. The third kappa shape index (κ3) is 5.04. The zero-order chi connectivity index (χ0) is 13.5. The molecule has 5 nitrogen and oxygen atoms in total. The summed E-state index contributed by atoms with van der Waals surface area (Å²) in [5.41, 5.74) is 0. The molecule has 1 atom stereocenters. The van der Waals surface area contributed by atoms with Crippen LogP contribution in [0.15, 0.2) is 0 Å². The topological polar surface area (TPSA) is 66.8 Å². The second-order valence-electron chi connectivity index (χ2n) is 5.03. The first-order valence-electron chi connectivity index (χ1n) is 6.63. The van der Waals surface area contributed by atoms with Gasteiger partial charge in [-0.05, 0) is 39.5 Å². The van der Waals surface area contributed by atoms with Crippen molar-refractivity contribution in [2.45, 2.75) is 58.1 Å². The van der Waals surface area contributed by atoms with E-state index in [0.29, 0.717) is 6.42 Å². The average molecular weight is 257 g/mol. The first-order valence-corrected chi connectivity index (χ1v) is 6.63. The van der Waals surface area contributed by atoms with Crippen LogP contribution in [0.1, 0.15) is 46.0 Å². The molecule has 0 saturated carbocycles. The summed E-state index contributed by atoms with van der Waals surface area (Å²) in [7, 11) is 0. The fourth-order valence-corrected chi connectivity index (χ4v) is 2.24. The van der Waals surface area contributed by atoms with Gasteiger partial charge in [-0.25, -0.2) is 0 Å². The molecule has 0 aromatic heterocycles. The fourth-order valence-electron chi connectivity index (χ4n) is 2.24. The maximum absolute atomic E-state index is 12.0. The number of hydrogen-bond donors (Lipinski definition) is 1. The lowest BCUT2D eigenvalue weighted by Gasteiger charge is -2.35. The van der Waals surface area contributed by atoms with Crippen molar-refractivity contribution in [1.82, 2.24) is 4.90 Å². The Morgan fingerprint density at radius 2 is 2.11 bits per heavy atom. The highest BCUT2D eigenvalue weighted by atomic mass is 16.5. The van der Waals surface area contributed by atoms with E-state index in [9.17, 15) is 9.59 Å². The van der Waals surface area contributed by atoms with Gasteiger partial charge >= 0.3 is 5.97 Å². The largest absolute Gasteiger partial charge is 0.481 e. The maximum atomic E-state index is 12.0. The highest BCUT2D eigenvalue weighted by Crippen LogP contribution is 2.21. The molecule has 1 aliphatic heterocycles. The normalized spacial score (nSPS) is 20.2. The molecule has 1 N–H and O–H groups in total. The highest BCUT2D eigenvalue weighted by Gasteiger charge is 2.26. The number of carboxylic acid groups (broad SMARTS) is 1. The minimum atomic E-state index is -0.800. The van der Waals surface area contributed by atoms with E-state index in [0.717, 1.165) is 25.8 Å². The Labute approximate surface area is 108 Å². The summed E-state index contributed by atoms with van der Waals surface area (Å²) in [5.74, 6) is -0.815. The standard InChI is InChI=1S/C13H23NO4/c1-10(2)18-9-12(15)14-8-4-3-5-11(14)6-7-13(16)17/h10-11H,3-9H2,1-2H3,(H,16,17). The van der Waals surface area contributed by atoms with Crippen molar-refractivity contribution < 1.29 is 19.4 Å². The number of carboxylic acids is 1. The molecule has 1 amide bonds. The number of hydrogen-bond acceptors (Lipinski definition) is 3. The predicted octanol–water partition coefficient (Wildman–Crippen LogP) is 1.66. The molecule has 0 bridgehead atoms. The molecule has 0 spiro atoms. The number of nitrogens with zero attached hydrogens (tertiary/aromatic N) is 1. The minimum Gasteiger partial charge on any atom is -0.481 e. The van der Waals surface area contributed by atoms with E-state index in [1.807, 2.05) is 13.8 Å². The lowest BCUT2D eigenvalue weighted by molar-refractivity contribution is -0.143. The van der Waals surface area contributed by atoms with Gasteiger partial charge < -0.3 is 14.7 Å². The molecule has 1 fully saturated rings. The van der Waals surface area contributed by atoms with Crippen molar-refractivity contribution in [2.75, 3.05) is 13.2 Å². The smallest absolute Gasteiger partial charge is 0.303 e. The van der Waals surface area contributed by atoms with Gasteiger partial charge in [0.1, 0.15) is 6.61 Å². The van der Waals surface area contributed by atoms with Crippen molar-refractivity contribution in [2.24, 2.45) is 0 Å². The molecule has 18 heavy (non-hydrogen) atoms. The van der Waals surface area contributed by atoms with Crippen molar-refractivity contribution in [3.05, 3.63) is 0 Å². The number of amides is 1. The molecule has 1 rings (SSSR count). The van der Waals surface area contributed by atoms with Gasteiger partial charge in [-0.3, -0.25) is 9.59 Å². The Morgan fingerprint density at radius 3 is 2.72 bits per heavy atom. The van der Waals surface area contributed by atoms with Gasteiger partial charge in [0, 0.05) is 19.0 Å². The second kappa shape index (κ2) is 7.36. The van der Waals surface area contributed by atoms with Crippen LogP contribution in [-0.4, -0.2) is 47.2 Å². The van der Waals surface area contributed by atoms with Gasteiger partial charge in [-0.2, -0.15) is 0 Å². The summed E-state index contributed by atoms with van der Waals surface area (Å²) >= 11 is 0. The number of aliphatic carboxylic acids is 1. The van der Waals surface area contributed by atoms with E-state index >= 15 is 0 Å². The number of carbonyl (C=O) groups is 2. The molecule has 1 saturated heterocycles. The Hall–Kier alpha value is -1.10. The average Bonchev–Trinajstić information content (AvgIpc) is 2.33. The number of piperidine rings is 1. The monoisotopic (exact) mass is 257 g/mol. The van der Waals surface area contributed by atoms with Gasteiger partial charge in [0.25, 0.3) is 0 Å². The Morgan fingerprint density at radius 1 is 1.39 bits per heavy atom. The number of likely N-dealkylation sites (tertiary alicyclic amines) is 1. The van der Waals surface area contributed by atoms with E-state index < -0.39 is 5.97 Å². The Balaban J connectivity index is 2.47. The van der Waals surface area contributed by atoms with Crippen molar-refractivity contribution in [3.8, 4) is 0 Å². The lowest BCUT2D eigenvalue weighted by Crippen LogP contribution is -2.45. The molecule has 0 aromatic carbocycles. The zero-order valence-electron chi connectivity index (χ0n) is 11.2. The molecular weight excluding hydrogens is 234 g/mol. The molecule has 0 aliphatic carbocycles. The first-order chi connectivity index (χ1) is 8.50. The van der Waals surface area contributed by atoms with Crippen molar-refractivity contribution >= 4 is 11.9 Å².